The summed E-state index contributed by atoms with van der Waals surface area (Å²) in [5, 5.41) is 0. The molecule has 0 radical (unpaired) electrons. The van der Waals surface area contributed by atoms with Gasteiger partial charge in [-0.3, -0.25) is 14.6 Å². The average Bonchev–Trinajstić information content (AvgIpc) is 2.83. The van der Waals surface area contributed by atoms with Crippen molar-refractivity contribution in [1.29, 1.82) is 0 Å². The van der Waals surface area contributed by atoms with Crippen molar-refractivity contribution in [2.24, 2.45) is 5.92 Å². The minimum Gasteiger partial charge on any atom is -0.339 e. The first-order valence-corrected chi connectivity index (χ1v) is 11.3. The number of piperidine rings is 2. The highest BCUT2D eigenvalue weighted by atomic mass is 16.2. The van der Waals surface area contributed by atoms with Crippen molar-refractivity contribution in [3.8, 4) is 0 Å². The molecule has 2 aromatic rings. The van der Waals surface area contributed by atoms with Gasteiger partial charge in [-0.15, -0.1) is 0 Å². The SMILES string of the molecule is O=C(c1ccccn1)N1CCC(C(=O)N2CCCCC2CCc2ccccc2)CC1. The molecule has 5 nitrogen and oxygen atoms in total. The smallest absolute Gasteiger partial charge is 0.272 e. The van der Waals surface area contributed by atoms with Gasteiger partial charge >= 0.3 is 0 Å². The molecule has 4 rings (SSSR count). The molecule has 1 aromatic heterocycles. The molecule has 1 aromatic carbocycles. The molecule has 0 aliphatic carbocycles. The summed E-state index contributed by atoms with van der Waals surface area (Å²) >= 11 is 0. The number of rotatable bonds is 5. The molecule has 158 valence electrons. The van der Waals surface area contributed by atoms with Crippen LogP contribution in [0.5, 0.6) is 0 Å². The molecule has 2 fully saturated rings. The highest BCUT2D eigenvalue weighted by molar-refractivity contribution is 5.92. The van der Waals surface area contributed by atoms with Crippen LogP contribution in [0.25, 0.3) is 0 Å². The Morgan fingerprint density at radius 1 is 0.900 bits per heavy atom. The standard InChI is InChI=1S/C25H31N3O2/c29-24(21-14-18-27(19-15-21)25(30)23-11-4-6-16-26-23)28-17-7-5-10-22(28)13-12-20-8-2-1-3-9-20/h1-4,6,8-9,11,16,21-22H,5,7,10,12-15,17-19H2. The highest BCUT2D eigenvalue weighted by Gasteiger charge is 2.34. The Kier molecular flexibility index (Phi) is 6.77. The van der Waals surface area contributed by atoms with Crippen LogP contribution in [0.1, 0.15) is 54.6 Å². The Balaban J connectivity index is 1.32. The van der Waals surface area contributed by atoms with Gasteiger partial charge in [0.25, 0.3) is 5.91 Å². The van der Waals surface area contributed by atoms with Crippen LogP contribution in [-0.4, -0.2) is 52.3 Å². The van der Waals surface area contributed by atoms with Crippen LogP contribution in [0.2, 0.25) is 0 Å². The summed E-state index contributed by atoms with van der Waals surface area (Å²) in [5.74, 6) is 0.313. The van der Waals surface area contributed by atoms with Gasteiger partial charge in [-0.1, -0.05) is 36.4 Å². The lowest BCUT2D eigenvalue weighted by Crippen LogP contribution is -2.49. The molecular weight excluding hydrogens is 374 g/mol. The predicted octanol–water partition coefficient (Wildman–Crippen LogP) is 3.95. The van der Waals surface area contributed by atoms with E-state index < -0.39 is 0 Å². The number of carbonyl (C=O) groups excluding carboxylic acids is 2. The maximum Gasteiger partial charge on any atom is 0.272 e. The van der Waals surface area contributed by atoms with Crippen LogP contribution in [-0.2, 0) is 11.2 Å². The van der Waals surface area contributed by atoms with E-state index in [1.165, 1.54) is 12.0 Å². The van der Waals surface area contributed by atoms with Crippen LogP contribution in [0, 0.1) is 5.92 Å². The fraction of sp³-hybridized carbons (Fsp3) is 0.480. The van der Waals surface area contributed by atoms with Gasteiger partial charge < -0.3 is 9.80 Å². The summed E-state index contributed by atoms with van der Waals surface area (Å²) in [6.07, 6.45) is 8.62. The van der Waals surface area contributed by atoms with Gasteiger partial charge in [0.2, 0.25) is 5.91 Å². The molecular formula is C25H31N3O2. The summed E-state index contributed by atoms with van der Waals surface area (Å²) in [6.45, 7) is 2.15. The lowest BCUT2D eigenvalue weighted by Gasteiger charge is -2.40. The van der Waals surface area contributed by atoms with Gasteiger partial charge in [-0.2, -0.15) is 0 Å². The Morgan fingerprint density at radius 2 is 1.67 bits per heavy atom. The zero-order valence-corrected chi connectivity index (χ0v) is 17.6. The Labute approximate surface area is 179 Å². The number of likely N-dealkylation sites (tertiary alicyclic amines) is 2. The van der Waals surface area contributed by atoms with Crippen LogP contribution in [0.3, 0.4) is 0 Å². The van der Waals surface area contributed by atoms with Gasteiger partial charge in [0.05, 0.1) is 0 Å². The van der Waals surface area contributed by atoms with Crippen LogP contribution in [0.4, 0.5) is 0 Å². The fourth-order valence-electron chi connectivity index (χ4n) is 4.78. The number of aromatic nitrogens is 1. The molecule has 2 saturated heterocycles. The Bertz CT molecular complexity index is 832. The lowest BCUT2D eigenvalue weighted by atomic mass is 9.90. The highest BCUT2D eigenvalue weighted by Crippen LogP contribution is 2.27. The molecule has 2 aliphatic heterocycles. The van der Waals surface area contributed by atoms with Crippen molar-refractivity contribution in [2.45, 2.75) is 51.0 Å². The first-order valence-electron chi connectivity index (χ1n) is 11.3. The van der Waals surface area contributed by atoms with E-state index in [1.807, 2.05) is 23.1 Å². The molecule has 0 bridgehead atoms. The fourth-order valence-corrected chi connectivity index (χ4v) is 4.78. The second kappa shape index (κ2) is 9.88. The van der Waals surface area contributed by atoms with Gasteiger partial charge in [0.15, 0.2) is 0 Å². The van der Waals surface area contributed by atoms with E-state index in [0.717, 1.165) is 45.1 Å². The zero-order chi connectivity index (χ0) is 20.8. The molecule has 0 N–H and O–H groups in total. The van der Waals surface area contributed by atoms with Crippen molar-refractivity contribution in [2.75, 3.05) is 19.6 Å². The maximum atomic E-state index is 13.3. The summed E-state index contributed by atoms with van der Waals surface area (Å²) in [6, 6.07) is 16.3. The third-order valence-electron chi connectivity index (χ3n) is 6.53. The van der Waals surface area contributed by atoms with Gasteiger partial charge in [-0.25, -0.2) is 0 Å². The number of hydrogen-bond acceptors (Lipinski definition) is 3. The zero-order valence-electron chi connectivity index (χ0n) is 17.6. The number of nitrogens with zero attached hydrogens (tertiary/aromatic N) is 3. The first-order chi connectivity index (χ1) is 14.7. The summed E-state index contributed by atoms with van der Waals surface area (Å²) in [4.78, 5) is 34.1. The first kappa shape index (κ1) is 20.6. The number of amides is 2. The third kappa shape index (κ3) is 4.89. The third-order valence-corrected chi connectivity index (χ3v) is 6.53. The number of hydrogen-bond donors (Lipinski definition) is 0. The summed E-state index contributed by atoms with van der Waals surface area (Å²) < 4.78 is 0. The molecule has 2 amide bonds. The van der Waals surface area contributed by atoms with Gasteiger partial charge in [0.1, 0.15) is 5.69 Å². The lowest BCUT2D eigenvalue weighted by molar-refractivity contribution is -0.140. The summed E-state index contributed by atoms with van der Waals surface area (Å²) in [5.41, 5.74) is 1.83. The van der Waals surface area contributed by atoms with E-state index >= 15 is 0 Å². The van der Waals surface area contributed by atoms with E-state index in [4.69, 9.17) is 0 Å². The minimum atomic E-state index is -0.0276. The minimum absolute atomic E-state index is 0.0276. The van der Waals surface area contributed by atoms with E-state index in [1.54, 1.807) is 12.3 Å². The Hall–Kier alpha value is -2.69. The van der Waals surface area contributed by atoms with Crippen molar-refractivity contribution in [3.63, 3.8) is 0 Å². The van der Waals surface area contributed by atoms with Gasteiger partial charge in [-0.05, 0) is 62.6 Å². The van der Waals surface area contributed by atoms with Crippen molar-refractivity contribution in [1.82, 2.24) is 14.8 Å². The quantitative estimate of drug-likeness (QED) is 0.757. The van der Waals surface area contributed by atoms with Crippen LogP contribution < -0.4 is 0 Å². The maximum absolute atomic E-state index is 13.3. The van der Waals surface area contributed by atoms with E-state index in [9.17, 15) is 9.59 Å². The molecule has 0 saturated carbocycles. The van der Waals surface area contributed by atoms with Crippen LogP contribution in [0.15, 0.2) is 54.7 Å². The second-order valence-electron chi connectivity index (χ2n) is 8.49. The van der Waals surface area contributed by atoms with Crippen molar-refractivity contribution in [3.05, 3.63) is 66.0 Å². The molecule has 1 unspecified atom stereocenters. The number of pyridine rings is 1. The monoisotopic (exact) mass is 405 g/mol. The largest absolute Gasteiger partial charge is 0.339 e. The molecule has 30 heavy (non-hydrogen) atoms. The van der Waals surface area contributed by atoms with Gasteiger partial charge in [0, 0.05) is 37.8 Å². The normalized spacial score (nSPS) is 20.2. The van der Waals surface area contributed by atoms with Crippen molar-refractivity contribution >= 4 is 11.8 Å². The molecule has 2 aliphatic rings. The number of benzene rings is 1. The molecule has 3 heterocycles. The molecule has 5 heteroatoms. The van der Waals surface area contributed by atoms with E-state index in [2.05, 4.69) is 34.1 Å². The average molecular weight is 406 g/mol. The van der Waals surface area contributed by atoms with Crippen LogP contribution >= 0.6 is 0 Å². The Morgan fingerprint density at radius 3 is 2.40 bits per heavy atom. The second-order valence-corrected chi connectivity index (χ2v) is 8.49. The molecule has 1 atom stereocenters. The van der Waals surface area contributed by atoms with Crippen molar-refractivity contribution < 1.29 is 9.59 Å². The topological polar surface area (TPSA) is 53.5 Å². The molecule has 0 spiro atoms. The van der Waals surface area contributed by atoms with E-state index in [-0.39, 0.29) is 11.8 Å². The number of carbonyl (C=O) groups is 2. The summed E-state index contributed by atoms with van der Waals surface area (Å²) in [7, 11) is 0. The number of aryl methyl sites for hydroxylation is 1. The predicted molar refractivity (Wildman–Crippen MR) is 117 cm³/mol. The van der Waals surface area contributed by atoms with E-state index in [0.29, 0.717) is 30.7 Å².